The molecule has 0 saturated heterocycles. The molecule has 210 valence electrons. The number of fused-ring (bicyclic) bond motifs is 6. The minimum Gasteiger partial charge on any atom is -0.473 e. The summed E-state index contributed by atoms with van der Waals surface area (Å²) in [4.78, 5) is 4.69. The Balaban J connectivity index is 0.881. The third-order valence-electron chi connectivity index (χ3n) is 12.1. The SMILES string of the molecule is c1ccc(N2COc3ccc(C4CC5C(C4)C4C6CC5[C@@]64c4ccc5c(c4)CN(c4ccccc4)CO5)cc3C2)cc1. The lowest BCUT2D eigenvalue weighted by atomic mass is 9.63. The molecule has 2 aliphatic heterocycles. The lowest BCUT2D eigenvalue weighted by Gasteiger charge is -2.41. The molecule has 6 unspecified atom stereocenters. The summed E-state index contributed by atoms with van der Waals surface area (Å²) in [6.07, 6.45) is 4.17. The van der Waals surface area contributed by atoms with Gasteiger partial charge in [0, 0.05) is 41.0 Å². The Morgan fingerprint density at radius 1 is 0.595 bits per heavy atom. The molecule has 0 amide bonds. The Labute approximate surface area is 247 Å². The van der Waals surface area contributed by atoms with Crippen LogP contribution in [0.5, 0.6) is 11.5 Å². The molecule has 7 atom stereocenters. The van der Waals surface area contributed by atoms with Gasteiger partial charge in [0.15, 0.2) is 13.5 Å². The van der Waals surface area contributed by atoms with Gasteiger partial charge in [-0.25, -0.2) is 0 Å². The fourth-order valence-electron chi connectivity index (χ4n) is 10.4. The van der Waals surface area contributed by atoms with E-state index in [-0.39, 0.29) is 0 Å². The maximum atomic E-state index is 6.22. The Morgan fingerprint density at radius 2 is 1.21 bits per heavy atom. The van der Waals surface area contributed by atoms with Gasteiger partial charge in [-0.3, -0.25) is 0 Å². The second-order valence-corrected chi connectivity index (χ2v) is 13.7. The average Bonchev–Trinajstić information content (AvgIpc) is 3.29. The monoisotopic (exact) mass is 552 g/mol. The molecule has 2 heterocycles. The first-order valence-electron chi connectivity index (χ1n) is 15.9. The van der Waals surface area contributed by atoms with E-state index in [1.165, 1.54) is 47.3 Å². The maximum absolute atomic E-state index is 6.22. The lowest BCUT2D eigenvalue weighted by molar-refractivity contribution is 0.134. The quantitative estimate of drug-likeness (QED) is 0.259. The molecule has 0 bridgehead atoms. The van der Waals surface area contributed by atoms with Crippen molar-refractivity contribution in [3.05, 3.63) is 119 Å². The van der Waals surface area contributed by atoms with E-state index in [9.17, 15) is 0 Å². The summed E-state index contributed by atoms with van der Waals surface area (Å²) in [6, 6.07) is 35.7. The molecule has 4 saturated carbocycles. The average molecular weight is 553 g/mol. The van der Waals surface area contributed by atoms with E-state index in [2.05, 4.69) is 107 Å². The Hall–Kier alpha value is -3.92. The smallest absolute Gasteiger partial charge is 0.161 e. The van der Waals surface area contributed by atoms with Crippen LogP contribution in [0.3, 0.4) is 0 Å². The van der Waals surface area contributed by atoms with Crippen LogP contribution in [-0.4, -0.2) is 13.5 Å². The number of anilines is 2. The molecule has 4 fully saturated rings. The molecule has 0 aromatic heterocycles. The van der Waals surface area contributed by atoms with Gasteiger partial charge in [0.2, 0.25) is 0 Å². The molecule has 0 spiro atoms. The van der Waals surface area contributed by atoms with Gasteiger partial charge >= 0.3 is 0 Å². The molecule has 0 radical (unpaired) electrons. The number of rotatable bonds is 4. The minimum atomic E-state index is 0.463. The number of hydrogen-bond donors (Lipinski definition) is 0. The van der Waals surface area contributed by atoms with Crippen molar-refractivity contribution in [2.45, 2.75) is 43.7 Å². The van der Waals surface area contributed by atoms with Crippen molar-refractivity contribution in [1.29, 1.82) is 0 Å². The first kappa shape index (κ1) is 23.6. The van der Waals surface area contributed by atoms with Crippen LogP contribution >= 0.6 is 0 Å². The first-order chi connectivity index (χ1) is 20.8. The van der Waals surface area contributed by atoms with E-state index in [1.54, 1.807) is 5.56 Å². The van der Waals surface area contributed by atoms with Gasteiger partial charge in [-0.05, 0) is 108 Å². The predicted molar refractivity (Wildman–Crippen MR) is 165 cm³/mol. The summed E-state index contributed by atoms with van der Waals surface area (Å²) in [5.74, 6) is 7.26. The number of ether oxygens (including phenoxy) is 2. The molecule has 0 N–H and O–H groups in total. The normalized spacial score (nSPS) is 33.0. The van der Waals surface area contributed by atoms with Crippen LogP contribution < -0.4 is 19.3 Å². The number of hydrogen-bond acceptors (Lipinski definition) is 4. The molecule has 4 heteroatoms. The van der Waals surface area contributed by atoms with Crippen LogP contribution in [-0.2, 0) is 18.5 Å². The van der Waals surface area contributed by atoms with Crippen LogP contribution in [0.15, 0.2) is 97.1 Å². The molecule has 6 aliphatic rings. The van der Waals surface area contributed by atoms with Crippen LogP contribution in [0.1, 0.15) is 47.4 Å². The third-order valence-corrected chi connectivity index (χ3v) is 12.1. The molecule has 4 nitrogen and oxygen atoms in total. The lowest BCUT2D eigenvalue weighted by Crippen LogP contribution is -2.37. The largest absolute Gasteiger partial charge is 0.473 e. The van der Waals surface area contributed by atoms with Crippen molar-refractivity contribution in [3.8, 4) is 11.5 Å². The van der Waals surface area contributed by atoms with Gasteiger partial charge in [-0.1, -0.05) is 54.6 Å². The summed E-state index contributed by atoms with van der Waals surface area (Å²) in [5.41, 5.74) is 8.78. The van der Waals surface area contributed by atoms with E-state index in [0.29, 0.717) is 24.8 Å². The van der Waals surface area contributed by atoms with Crippen molar-refractivity contribution in [2.75, 3.05) is 23.3 Å². The molecular weight excluding hydrogens is 516 g/mol. The highest BCUT2D eigenvalue weighted by molar-refractivity contribution is 5.55. The molecule has 42 heavy (non-hydrogen) atoms. The molecule has 4 aliphatic carbocycles. The van der Waals surface area contributed by atoms with Gasteiger partial charge < -0.3 is 19.3 Å². The highest BCUT2D eigenvalue weighted by atomic mass is 16.5. The Bertz CT molecular complexity index is 1670. The number of para-hydroxylation sites is 2. The van der Waals surface area contributed by atoms with E-state index < -0.39 is 0 Å². The molecule has 4 aromatic carbocycles. The Morgan fingerprint density at radius 3 is 1.88 bits per heavy atom. The van der Waals surface area contributed by atoms with Crippen LogP contribution in [0.25, 0.3) is 0 Å². The fraction of sp³-hybridized carbons (Fsp3) is 0.368. The molecular formula is C38H36N2O2. The van der Waals surface area contributed by atoms with Crippen molar-refractivity contribution in [1.82, 2.24) is 0 Å². The summed E-state index contributed by atoms with van der Waals surface area (Å²) in [7, 11) is 0. The highest BCUT2D eigenvalue weighted by Gasteiger charge is 2.85. The van der Waals surface area contributed by atoms with Gasteiger partial charge in [0.25, 0.3) is 0 Å². The van der Waals surface area contributed by atoms with Crippen molar-refractivity contribution in [2.24, 2.45) is 29.6 Å². The molecule has 4 aromatic rings. The summed E-state index contributed by atoms with van der Waals surface area (Å²) in [6.45, 7) is 3.10. The van der Waals surface area contributed by atoms with Crippen LogP contribution in [0.4, 0.5) is 11.4 Å². The van der Waals surface area contributed by atoms with E-state index in [1.807, 2.05) is 0 Å². The van der Waals surface area contributed by atoms with Crippen molar-refractivity contribution < 1.29 is 9.47 Å². The Kier molecular flexibility index (Phi) is 4.82. The van der Waals surface area contributed by atoms with Gasteiger partial charge in [0.1, 0.15) is 11.5 Å². The van der Waals surface area contributed by atoms with Crippen molar-refractivity contribution >= 4 is 11.4 Å². The predicted octanol–water partition coefficient (Wildman–Crippen LogP) is 7.73. The van der Waals surface area contributed by atoms with E-state index in [0.717, 1.165) is 54.2 Å². The highest BCUT2D eigenvalue weighted by Crippen LogP contribution is 2.88. The first-order valence-corrected chi connectivity index (χ1v) is 15.9. The van der Waals surface area contributed by atoms with E-state index >= 15 is 0 Å². The number of nitrogens with zero attached hydrogens (tertiary/aromatic N) is 2. The molecule has 10 rings (SSSR count). The van der Waals surface area contributed by atoms with Crippen LogP contribution in [0.2, 0.25) is 0 Å². The maximum Gasteiger partial charge on any atom is 0.161 e. The van der Waals surface area contributed by atoms with Gasteiger partial charge in [-0.15, -0.1) is 0 Å². The fourth-order valence-corrected chi connectivity index (χ4v) is 10.4. The minimum absolute atomic E-state index is 0.463. The second-order valence-electron chi connectivity index (χ2n) is 13.7. The van der Waals surface area contributed by atoms with Gasteiger partial charge in [-0.2, -0.15) is 0 Å². The van der Waals surface area contributed by atoms with E-state index in [4.69, 9.17) is 9.47 Å². The summed E-state index contributed by atoms with van der Waals surface area (Å²) in [5, 5.41) is 0. The summed E-state index contributed by atoms with van der Waals surface area (Å²) >= 11 is 0. The zero-order chi connectivity index (χ0) is 27.4. The van der Waals surface area contributed by atoms with Crippen LogP contribution in [0, 0.1) is 29.6 Å². The van der Waals surface area contributed by atoms with Crippen molar-refractivity contribution in [3.63, 3.8) is 0 Å². The third kappa shape index (κ3) is 3.18. The number of benzene rings is 4. The zero-order valence-corrected chi connectivity index (χ0v) is 23.9. The van der Waals surface area contributed by atoms with Gasteiger partial charge in [0.05, 0.1) is 0 Å². The zero-order valence-electron chi connectivity index (χ0n) is 23.9. The standard InChI is InChI=1S/C38H36N2O2/c1-3-7-29(8-4-1)39-20-26-15-24(11-13-35(26)41-22-39)25-17-31-32(18-25)37-34-19-33(31)38(34,37)28-12-14-36-27(16-28)21-40(23-42-36)30-9-5-2-6-10-30/h1-16,25,31-34,37H,17-23H2/t25?,31?,32?,33?,34?,37?,38-/m0/s1. The topological polar surface area (TPSA) is 24.9 Å². The second kappa shape index (κ2) is 8.56. The summed E-state index contributed by atoms with van der Waals surface area (Å²) < 4.78 is 12.4.